The number of para-hydroxylation sites is 1. The molecule has 0 bridgehead atoms. The molecular formula is C25H34FN3O4S. The number of rotatable bonds is 10. The number of aryl methyl sites for hydroxylation is 2. The van der Waals surface area contributed by atoms with E-state index in [0.29, 0.717) is 22.4 Å². The number of carbonyl (C=O) groups excluding carboxylic acids is 2. The summed E-state index contributed by atoms with van der Waals surface area (Å²) >= 11 is 0. The molecule has 2 amide bonds. The summed E-state index contributed by atoms with van der Waals surface area (Å²) in [5, 5.41) is 2.87. The van der Waals surface area contributed by atoms with Gasteiger partial charge >= 0.3 is 0 Å². The van der Waals surface area contributed by atoms with E-state index in [1.165, 1.54) is 29.2 Å². The summed E-state index contributed by atoms with van der Waals surface area (Å²) in [5.74, 6) is -1.30. The van der Waals surface area contributed by atoms with Gasteiger partial charge in [0, 0.05) is 12.6 Å². The second-order valence-corrected chi connectivity index (χ2v) is 10.6. The minimum Gasteiger partial charge on any atom is -0.352 e. The van der Waals surface area contributed by atoms with E-state index >= 15 is 0 Å². The number of sulfonamides is 1. The Morgan fingerprint density at radius 1 is 1.03 bits per heavy atom. The van der Waals surface area contributed by atoms with E-state index in [1.807, 2.05) is 19.9 Å². The molecule has 186 valence electrons. The fourth-order valence-electron chi connectivity index (χ4n) is 3.61. The van der Waals surface area contributed by atoms with Gasteiger partial charge in [0.1, 0.15) is 18.4 Å². The van der Waals surface area contributed by atoms with Crippen LogP contribution in [0, 0.1) is 19.7 Å². The second-order valence-electron chi connectivity index (χ2n) is 8.65. The second kappa shape index (κ2) is 11.5. The third-order valence-electron chi connectivity index (χ3n) is 5.80. The largest absolute Gasteiger partial charge is 0.352 e. The van der Waals surface area contributed by atoms with E-state index in [0.717, 1.165) is 17.0 Å². The van der Waals surface area contributed by atoms with Crippen LogP contribution >= 0.6 is 0 Å². The molecule has 1 N–H and O–H groups in total. The Kier molecular flexibility index (Phi) is 9.21. The minimum absolute atomic E-state index is 0.0264. The Morgan fingerprint density at radius 2 is 1.59 bits per heavy atom. The highest BCUT2D eigenvalue weighted by molar-refractivity contribution is 7.92. The van der Waals surface area contributed by atoms with Crippen molar-refractivity contribution in [2.75, 3.05) is 17.1 Å². The summed E-state index contributed by atoms with van der Waals surface area (Å²) in [5.41, 5.74) is 2.49. The number of nitrogens with one attached hydrogen (secondary N) is 1. The van der Waals surface area contributed by atoms with Crippen molar-refractivity contribution in [1.82, 2.24) is 10.2 Å². The molecule has 2 aromatic carbocycles. The van der Waals surface area contributed by atoms with E-state index < -0.39 is 34.3 Å². The van der Waals surface area contributed by atoms with Gasteiger partial charge in [0.2, 0.25) is 21.8 Å². The Labute approximate surface area is 202 Å². The molecule has 34 heavy (non-hydrogen) atoms. The van der Waals surface area contributed by atoms with Gasteiger partial charge in [-0.3, -0.25) is 13.9 Å². The van der Waals surface area contributed by atoms with Crippen molar-refractivity contribution in [2.45, 2.75) is 59.7 Å². The van der Waals surface area contributed by atoms with E-state index in [-0.39, 0.29) is 18.5 Å². The van der Waals surface area contributed by atoms with E-state index in [4.69, 9.17) is 0 Å². The monoisotopic (exact) mass is 491 g/mol. The number of amides is 2. The first-order chi connectivity index (χ1) is 15.8. The highest BCUT2D eigenvalue weighted by atomic mass is 32.2. The van der Waals surface area contributed by atoms with E-state index in [2.05, 4.69) is 5.32 Å². The molecule has 0 fully saturated rings. The van der Waals surface area contributed by atoms with Crippen molar-refractivity contribution in [3.05, 3.63) is 65.0 Å². The van der Waals surface area contributed by atoms with Gasteiger partial charge in [-0.25, -0.2) is 12.8 Å². The SMILES string of the molecule is CC[C@H](C)NC(=O)[C@@H](C)N(Cc1ccc(F)cc1)C(=O)CN(c1c(C)cccc1C)S(C)(=O)=O. The van der Waals surface area contributed by atoms with Crippen LogP contribution in [0.3, 0.4) is 0 Å². The summed E-state index contributed by atoms with van der Waals surface area (Å²) < 4.78 is 39.9. The zero-order valence-corrected chi connectivity index (χ0v) is 21.4. The normalized spacial score (nSPS) is 13.1. The van der Waals surface area contributed by atoms with Gasteiger partial charge in [-0.05, 0) is 62.9 Å². The van der Waals surface area contributed by atoms with Gasteiger partial charge in [0.25, 0.3) is 0 Å². The molecule has 7 nitrogen and oxygen atoms in total. The topological polar surface area (TPSA) is 86.8 Å². The maximum atomic E-state index is 13.5. The molecular weight excluding hydrogens is 457 g/mol. The predicted octanol–water partition coefficient (Wildman–Crippen LogP) is 3.54. The van der Waals surface area contributed by atoms with Gasteiger partial charge in [0.05, 0.1) is 11.9 Å². The Bertz CT molecular complexity index is 1100. The fourth-order valence-corrected chi connectivity index (χ4v) is 4.57. The number of anilines is 1. The smallest absolute Gasteiger partial charge is 0.244 e. The molecule has 0 saturated carbocycles. The van der Waals surface area contributed by atoms with E-state index in [1.54, 1.807) is 32.9 Å². The van der Waals surface area contributed by atoms with Crippen molar-refractivity contribution < 1.29 is 22.4 Å². The number of hydrogen-bond donors (Lipinski definition) is 1. The zero-order valence-electron chi connectivity index (χ0n) is 20.6. The maximum absolute atomic E-state index is 13.5. The van der Waals surface area contributed by atoms with Crippen molar-refractivity contribution in [2.24, 2.45) is 0 Å². The van der Waals surface area contributed by atoms with Crippen LogP contribution in [0.4, 0.5) is 10.1 Å². The van der Waals surface area contributed by atoms with Crippen molar-refractivity contribution in [3.63, 3.8) is 0 Å². The van der Waals surface area contributed by atoms with Gasteiger partial charge in [0.15, 0.2) is 0 Å². The van der Waals surface area contributed by atoms with Crippen LogP contribution < -0.4 is 9.62 Å². The molecule has 0 spiro atoms. The maximum Gasteiger partial charge on any atom is 0.244 e. The van der Waals surface area contributed by atoms with Crippen LogP contribution in [0.25, 0.3) is 0 Å². The van der Waals surface area contributed by atoms with Gasteiger partial charge in [-0.1, -0.05) is 37.3 Å². The molecule has 0 radical (unpaired) electrons. The Morgan fingerprint density at radius 3 is 2.09 bits per heavy atom. The van der Waals surface area contributed by atoms with Crippen molar-refractivity contribution in [3.8, 4) is 0 Å². The van der Waals surface area contributed by atoms with Crippen LogP contribution in [0.5, 0.6) is 0 Å². The number of hydrogen-bond acceptors (Lipinski definition) is 4. The third-order valence-corrected chi connectivity index (χ3v) is 6.91. The van der Waals surface area contributed by atoms with Crippen LogP contribution in [0.1, 0.15) is 43.9 Å². The molecule has 2 aromatic rings. The van der Waals surface area contributed by atoms with Crippen molar-refractivity contribution in [1.29, 1.82) is 0 Å². The molecule has 0 heterocycles. The molecule has 9 heteroatoms. The summed E-state index contributed by atoms with van der Waals surface area (Å²) in [7, 11) is -3.80. The zero-order chi connectivity index (χ0) is 25.6. The highest BCUT2D eigenvalue weighted by Crippen LogP contribution is 2.27. The molecule has 0 aliphatic rings. The number of benzene rings is 2. The quantitative estimate of drug-likeness (QED) is 0.551. The van der Waals surface area contributed by atoms with Crippen molar-refractivity contribution >= 4 is 27.5 Å². The molecule has 0 aromatic heterocycles. The molecule has 2 atom stereocenters. The molecule has 2 rings (SSSR count). The summed E-state index contributed by atoms with van der Waals surface area (Å²) in [6.07, 6.45) is 1.77. The third kappa shape index (κ3) is 7.03. The first kappa shape index (κ1) is 27.3. The number of carbonyl (C=O) groups is 2. The lowest BCUT2D eigenvalue weighted by Crippen LogP contribution is -2.52. The average molecular weight is 492 g/mol. The first-order valence-corrected chi connectivity index (χ1v) is 13.1. The lowest BCUT2D eigenvalue weighted by molar-refractivity contribution is -0.139. The first-order valence-electron chi connectivity index (χ1n) is 11.2. The van der Waals surface area contributed by atoms with Gasteiger partial charge in [-0.15, -0.1) is 0 Å². The summed E-state index contributed by atoms with van der Waals surface area (Å²) in [4.78, 5) is 27.7. The number of nitrogens with zero attached hydrogens (tertiary/aromatic N) is 2. The van der Waals surface area contributed by atoms with Crippen LogP contribution in [-0.2, 0) is 26.2 Å². The fraction of sp³-hybridized carbons (Fsp3) is 0.440. The van der Waals surface area contributed by atoms with Crippen LogP contribution in [0.2, 0.25) is 0 Å². The summed E-state index contributed by atoms with van der Waals surface area (Å²) in [6.45, 7) is 8.52. The highest BCUT2D eigenvalue weighted by Gasteiger charge is 2.31. The Hall–Kier alpha value is -2.94. The van der Waals surface area contributed by atoms with Gasteiger partial charge < -0.3 is 10.2 Å². The lowest BCUT2D eigenvalue weighted by atomic mass is 10.1. The minimum atomic E-state index is -3.80. The van der Waals surface area contributed by atoms with Crippen LogP contribution in [0.15, 0.2) is 42.5 Å². The van der Waals surface area contributed by atoms with Gasteiger partial charge in [-0.2, -0.15) is 0 Å². The van der Waals surface area contributed by atoms with E-state index in [9.17, 15) is 22.4 Å². The molecule has 0 aliphatic heterocycles. The lowest BCUT2D eigenvalue weighted by Gasteiger charge is -2.32. The summed E-state index contributed by atoms with van der Waals surface area (Å²) in [6, 6.07) is 10.1. The number of halogens is 1. The predicted molar refractivity (Wildman–Crippen MR) is 132 cm³/mol. The Balaban J connectivity index is 2.43. The average Bonchev–Trinajstić information content (AvgIpc) is 2.76. The molecule has 0 aliphatic carbocycles. The molecule has 0 unspecified atom stereocenters. The van der Waals surface area contributed by atoms with Crippen LogP contribution in [-0.4, -0.2) is 50.0 Å². The standard InChI is InChI=1S/C25H34FN3O4S/c1-7-19(4)27-25(31)20(5)28(15-21-11-13-22(26)14-12-21)23(30)16-29(34(6,32)33)24-17(2)9-8-10-18(24)3/h8-14,19-20H,7,15-16H2,1-6H3,(H,27,31)/t19-,20+/m0/s1. The molecule has 0 saturated heterocycles.